The molecule has 1 aliphatic heterocycles. The molecule has 9 nitrogen and oxygen atoms in total. The quantitative estimate of drug-likeness (QED) is 0.616. The highest BCUT2D eigenvalue weighted by Crippen LogP contribution is 2.34. The van der Waals surface area contributed by atoms with Crippen LogP contribution in [0, 0.1) is 6.92 Å². The second-order valence-electron chi connectivity index (χ2n) is 6.76. The number of nitrogen functional groups attached to an aromatic ring is 1. The van der Waals surface area contributed by atoms with Crippen LogP contribution in [-0.2, 0) is 0 Å². The van der Waals surface area contributed by atoms with E-state index in [9.17, 15) is 0 Å². The van der Waals surface area contributed by atoms with Gasteiger partial charge in [0.1, 0.15) is 22.9 Å². The number of nitrogens with one attached hydrogen (secondary N) is 2. The molecule has 4 rings (SSSR count). The van der Waals surface area contributed by atoms with Gasteiger partial charge < -0.3 is 21.1 Å². The summed E-state index contributed by atoms with van der Waals surface area (Å²) in [5.74, 6) is 1.62. The van der Waals surface area contributed by atoms with E-state index in [0.717, 1.165) is 47.6 Å². The molecule has 4 N–H and O–H groups in total. The highest BCUT2D eigenvalue weighted by molar-refractivity contribution is 5.79. The number of hydrogen-bond acceptors (Lipinski definition) is 8. The number of nitrogens with two attached hydrogens (primary N) is 1. The fourth-order valence-electron chi connectivity index (χ4n) is 3.64. The lowest BCUT2D eigenvalue weighted by Crippen LogP contribution is -2.13. The fraction of sp³-hybridized carbons (Fsp3) is 0.368. The van der Waals surface area contributed by atoms with Gasteiger partial charge in [0.05, 0.1) is 25.0 Å². The molecular weight excluding hydrogens is 356 g/mol. The zero-order valence-corrected chi connectivity index (χ0v) is 16.2. The zero-order valence-electron chi connectivity index (χ0n) is 16.2. The lowest BCUT2D eigenvalue weighted by Gasteiger charge is -2.14. The minimum Gasteiger partial charge on any atom is -0.494 e. The van der Waals surface area contributed by atoms with Crippen molar-refractivity contribution in [3.63, 3.8) is 0 Å². The molecular formula is C19H24N8O. The van der Waals surface area contributed by atoms with Crippen molar-refractivity contribution in [2.75, 3.05) is 31.8 Å². The zero-order chi connectivity index (χ0) is 19.7. The topological polar surface area (TPSA) is 116 Å². The van der Waals surface area contributed by atoms with Gasteiger partial charge in [0.15, 0.2) is 0 Å². The Bertz CT molecular complexity index is 994. The van der Waals surface area contributed by atoms with Crippen molar-refractivity contribution >= 4 is 11.8 Å². The Balaban J connectivity index is 1.79. The van der Waals surface area contributed by atoms with Crippen molar-refractivity contribution in [1.29, 1.82) is 0 Å². The number of methoxy groups -OCH3 is 1. The molecule has 1 unspecified atom stereocenters. The molecule has 0 bridgehead atoms. The van der Waals surface area contributed by atoms with Gasteiger partial charge in [0, 0.05) is 12.6 Å². The van der Waals surface area contributed by atoms with Gasteiger partial charge in [-0.1, -0.05) is 11.3 Å². The van der Waals surface area contributed by atoms with Crippen LogP contribution in [0.5, 0.6) is 5.75 Å². The summed E-state index contributed by atoms with van der Waals surface area (Å²) in [6, 6.07) is 6.14. The van der Waals surface area contributed by atoms with Gasteiger partial charge in [-0.2, -0.15) is 4.98 Å². The first kappa shape index (κ1) is 18.2. The lowest BCUT2D eigenvalue weighted by molar-refractivity contribution is 0.411. The first-order valence-electron chi connectivity index (χ1n) is 9.27. The van der Waals surface area contributed by atoms with Gasteiger partial charge in [-0.3, -0.25) is 0 Å². The average Bonchev–Trinajstić information content (AvgIpc) is 3.38. The molecule has 1 fully saturated rings. The SMILES string of the molecule is CNc1nc(N)nc(C)c1-c1ccc(OC)c(-n2cc(C3CCCN3)nn2)c1. The van der Waals surface area contributed by atoms with Crippen LogP contribution in [-0.4, -0.2) is 45.7 Å². The summed E-state index contributed by atoms with van der Waals surface area (Å²) in [6.07, 6.45) is 4.18. The number of hydrogen-bond donors (Lipinski definition) is 3. The second-order valence-corrected chi connectivity index (χ2v) is 6.76. The molecule has 1 atom stereocenters. The van der Waals surface area contributed by atoms with Crippen molar-refractivity contribution in [3.8, 4) is 22.6 Å². The van der Waals surface area contributed by atoms with Crippen molar-refractivity contribution < 1.29 is 4.74 Å². The number of aryl methyl sites for hydroxylation is 1. The fourth-order valence-corrected chi connectivity index (χ4v) is 3.64. The van der Waals surface area contributed by atoms with E-state index in [1.54, 1.807) is 11.8 Å². The number of nitrogens with zero attached hydrogens (tertiary/aromatic N) is 5. The second kappa shape index (κ2) is 7.43. The molecule has 0 amide bonds. The molecule has 3 heterocycles. The van der Waals surface area contributed by atoms with E-state index in [4.69, 9.17) is 10.5 Å². The predicted octanol–water partition coefficient (Wildman–Crippen LogP) is 2.09. The standard InChI is InChI=1S/C19H24N8O/c1-11-17(18(21-2)24-19(20)23-11)12-6-7-16(28-3)15(9-12)27-10-14(25-26-27)13-5-4-8-22-13/h6-7,9-10,13,22H,4-5,8H2,1-3H3,(H3,20,21,23,24). The van der Waals surface area contributed by atoms with Crippen LogP contribution in [0.4, 0.5) is 11.8 Å². The third-order valence-electron chi connectivity index (χ3n) is 4.99. The Kier molecular flexibility index (Phi) is 4.82. The van der Waals surface area contributed by atoms with E-state index in [1.807, 2.05) is 38.4 Å². The minimum atomic E-state index is 0.240. The summed E-state index contributed by atoms with van der Waals surface area (Å²) in [6.45, 7) is 2.93. The molecule has 2 aromatic heterocycles. The Morgan fingerprint density at radius 2 is 2.18 bits per heavy atom. The van der Waals surface area contributed by atoms with Crippen molar-refractivity contribution in [2.24, 2.45) is 0 Å². The van der Waals surface area contributed by atoms with Crippen LogP contribution in [0.2, 0.25) is 0 Å². The predicted molar refractivity (Wildman–Crippen MR) is 108 cm³/mol. The maximum atomic E-state index is 5.80. The normalized spacial score (nSPS) is 16.3. The number of benzene rings is 1. The van der Waals surface area contributed by atoms with Crippen molar-refractivity contribution in [1.82, 2.24) is 30.3 Å². The smallest absolute Gasteiger partial charge is 0.222 e. The highest BCUT2D eigenvalue weighted by Gasteiger charge is 2.21. The van der Waals surface area contributed by atoms with Gasteiger partial charge in [-0.15, -0.1) is 5.10 Å². The Labute approximate surface area is 163 Å². The number of ether oxygens (including phenoxy) is 1. The largest absolute Gasteiger partial charge is 0.494 e. The molecule has 1 aromatic carbocycles. The van der Waals surface area contributed by atoms with Gasteiger partial charge in [0.2, 0.25) is 5.95 Å². The number of rotatable bonds is 5. The average molecular weight is 380 g/mol. The van der Waals surface area contributed by atoms with E-state index >= 15 is 0 Å². The Hall–Kier alpha value is -3.20. The molecule has 0 saturated carbocycles. The minimum absolute atomic E-state index is 0.240. The van der Waals surface area contributed by atoms with E-state index in [2.05, 4.69) is 30.9 Å². The molecule has 0 spiro atoms. The molecule has 1 aliphatic rings. The Morgan fingerprint density at radius 3 is 2.89 bits per heavy atom. The third kappa shape index (κ3) is 3.24. The molecule has 1 saturated heterocycles. The van der Waals surface area contributed by atoms with Crippen LogP contribution in [0.1, 0.15) is 30.3 Å². The van der Waals surface area contributed by atoms with Crippen LogP contribution in [0.3, 0.4) is 0 Å². The lowest BCUT2D eigenvalue weighted by atomic mass is 10.0. The van der Waals surface area contributed by atoms with Crippen LogP contribution < -0.4 is 21.1 Å². The molecule has 9 heteroatoms. The molecule has 0 aliphatic carbocycles. The molecule has 28 heavy (non-hydrogen) atoms. The van der Waals surface area contributed by atoms with E-state index in [-0.39, 0.29) is 12.0 Å². The Morgan fingerprint density at radius 1 is 1.32 bits per heavy atom. The van der Waals surface area contributed by atoms with Gasteiger partial charge in [-0.25, -0.2) is 9.67 Å². The first-order valence-corrected chi connectivity index (χ1v) is 9.27. The summed E-state index contributed by atoms with van der Waals surface area (Å²) in [7, 11) is 3.46. The highest BCUT2D eigenvalue weighted by atomic mass is 16.5. The first-order chi connectivity index (χ1) is 13.6. The van der Waals surface area contributed by atoms with Gasteiger partial charge in [0.25, 0.3) is 0 Å². The maximum absolute atomic E-state index is 5.80. The molecule has 0 radical (unpaired) electrons. The molecule has 146 valence electrons. The van der Waals surface area contributed by atoms with Gasteiger partial charge >= 0.3 is 0 Å². The summed E-state index contributed by atoms with van der Waals surface area (Å²) in [4.78, 5) is 8.62. The van der Waals surface area contributed by atoms with E-state index in [0.29, 0.717) is 11.6 Å². The molecule has 3 aromatic rings. The maximum Gasteiger partial charge on any atom is 0.222 e. The van der Waals surface area contributed by atoms with Crippen LogP contribution >= 0.6 is 0 Å². The summed E-state index contributed by atoms with van der Waals surface area (Å²) >= 11 is 0. The summed E-state index contributed by atoms with van der Waals surface area (Å²) < 4.78 is 7.31. The van der Waals surface area contributed by atoms with Crippen molar-refractivity contribution in [2.45, 2.75) is 25.8 Å². The van der Waals surface area contributed by atoms with Crippen molar-refractivity contribution in [3.05, 3.63) is 35.8 Å². The van der Waals surface area contributed by atoms with Crippen LogP contribution in [0.25, 0.3) is 16.8 Å². The monoisotopic (exact) mass is 380 g/mol. The van der Waals surface area contributed by atoms with Gasteiger partial charge in [-0.05, 0) is 44.0 Å². The summed E-state index contributed by atoms with van der Waals surface area (Å²) in [5.41, 5.74) is 10.2. The van der Waals surface area contributed by atoms with E-state index in [1.165, 1.54) is 0 Å². The van der Waals surface area contributed by atoms with Crippen LogP contribution in [0.15, 0.2) is 24.4 Å². The summed E-state index contributed by atoms with van der Waals surface area (Å²) in [5, 5.41) is 15.2. The number of aromatic nitrogens is 5. The number of anilines is 2. The third-order valence-corrected chi connectivity index (χ3v) is 4.99. The van der Waals surface area contributed by atoms with E-state index < -0.39 is 0 Å².